The molecule has 2 aliphatic rings. The third-order valence-electron chi connectivity index (χ3n) is 4.77. The van der Waals surface area contributed by atoms with E-state index in [0.717, 1.165) is 37.0 Å². The van der Waals surface area contributed by atoms with Crippen molar-refractivity contribution in [2.75, 3.05) is 25.9 Å². The van der Waals surface area contributed by atoms with Crippen molar-refractivity contribution in [1.29, 1.82) is 0 Å². The van der Waals surface area contributed by atoms with Crippen LogP contribution in [0.4, 0.5) is 0 Å². The third kappa shape index (κ3) is 5.08. The summed E-state index contributed by atoms with van der Waals surface area (Å²) < 4.78 is 23.5. The van der Waals surface area contributed by atoms with Crippen molar-refractivity contribution in [3.8, 4) is 0 Å². The lowest BCUT2D eigenvalue weighted by Crippen LogP contribution is -2.49. The number of carbonyl (C=O) groups is 1. The second kappa shape index (κ2) is 8.70. The normalized spacial score (nSPS) is 17.7. The van der Waals surface area contributed by atoms with Crippen molar-refractivity contribution < 1.29 is 13.2 Å². The first kappa shape index (κ1) is 20.3. The van der Waals surface area contributed by atoms with E-state index in [1.165, 1.54) is 37.3 Å². The molecule has 0 atom stereocenters. The van der Waals surface area contributed by atoms with E-state index < -0.39 is 9.84 Å². The number of hydrazine groups is 1. The third-order valence-corrected chi connectivity index (χ3v) is 8.01. The SMILES string of the molecule is CS(=O)(=O)c1ccc(C(=O)N2CCCN2C(=S)NCCC2=CCCCC2)s1. The van der Waals surface area contributed by atoms with E-state index in [9.17, 15) is 13.2 Å². The number of hydrogen-bond donors (Lipinski definition) is 1. The van der Waals surface area contributed by atoms with Crippen LogP contribution >= 0.6 is 23.6 Å². The molecule has 3 rings (SSSR count). The lowest BCUT2D eigenvalue weighted by Gasteiger charge is -2.30. The number of rotatable bonds is 5. The van der Waals surface area contributed by atoms with E-state index in [0.29, 0.717) is 23.1 Å². The number of amides is 1. The van der Waals surface area contributed by atoms with Gasteiger partial charge in [0, 0.05) is 25.9 Å². The Morgan fingerprint density at radius 2 is 2.00 bits per heavy atom. The van der Waals surface area contributed by atoms with Gasteiger partial charge in [-0.2, -0.15) is 0 Å². The molecule has 1 amide bonds. The van der Waals surface area contributed by atoms with Crippen molar-refractivity contribution >= 4 is 44.4 Å². The summed E-state index contributed by atoms with van der Waals surface area (Å²) >= 11 is 6.51. The number of thiophene rings is 1. The van der Waals surface area contributed by atoms with E-state index >= 15 is 0 Å². The maximum atomic E-state index is 12.8. The predicted molar refractivity (Wildman–Crippen MR) is 112 cm³/mol. The van der Waals surface area contributed by atoms with Gasteiger partial charge in [-0.15, -0.1) is 11.3 Å². The van der Waals surface area contributed by atoms with Crippen LogP contribution in [0.2, 0.25) is 0 Å². The summed E-state index contributed by atoms with van der Waals surface area (Å²) in [6.07, 6.45) is 10.2. The Bertz CT molecular complexity index is 845. The molecule has 0 saturated carbocycles. The number of sulfone groups is 1. The molecule has 0 unspecified atom stereocenters. The summed E-state index contributed by atoms with van der Waals surface area (Å²) in [5.74, 6) is -0.202. The van der Waals surface area contributed by atoms with Crippen LogP contribution in [-0.4, -0.2) is 55.3 Å². The molecular formula is C18H25N3O3S3. The Balaban J connectivity index is 1.58. The number of thiocarbonyl (C=S) groups is 1. The van der Waals surface area contributed by atoms with Crippen LogP contribution in [0.25, 0.3) is 0 Å². The molecule has 1 aromatic rings. The Kier molecular flexibility index (Phi) is 6.54. The highest BCUT2D eigenvalue weighted by Gasteiger charge is 2.30. The molecule has 148 valence electrons. The van der Waals surface area contributed by atoms with Crippen LogP contribution in [0.15, 0.2) is 28.0 Å². The van der Waals surface area contributed by atoms with Crippen molar-refractivity contribution in [1.82, 2.24) is 15.3 Å². The van der Waals surface area contributed by atoms with Gasteiger partial charge in [-0.25, -0.2) is 13.4 Å². The highest BCUT2D eigenvalue weighted by Crippen LogP contribution is 2.25. The smallest absolute Gasteiger partial charge is 0.282 e. The zero-order chi connectivity index (χ0) is 19.4. The van der Waals surface area contributed by atoms with Gasteiger partial charge < -0.3 is 5.32 Å². The fourth-order valence-electron chi connectivity index (χ4n) is 3.35. The monoisotopic (exact) mass is 427 g/mol. The topological polar surface area (TPSA) is 69.7 Å². The molecule has 1 saturated heterocycles. The Morgan fingerprint density at radius 1 is 1.22 bits per heavy atom. The van der Waals surface area contributed by atoms with E-state index in [1.807, 2.05) is 0 Å². The molecule has 1 fully saturated rings. The van der Waals surface area contributed by atoms with Crippen molar-refractivity contribution in [3.63, 3.8) is 0 Å². The van der Waals surface area contributed by atoms with Crippen molar-refractivity contribution in [2.45, 2.75) is 42.7 Å². The fraction of sp³-hybridized carbons (Fsp3) is 0.556. The number of nitrogens with zero attached hydrogens (tertiary/aromatic N) is 2. The molecule has 1 aromatic heterocycles. The summed E-state index contributed by atoms with van der Waals surface area (Å²) in [5, 5.41) is 7.24. The number of carbonyl (C=O) groups excluding carboxylic acids is 1. The summed E-state index contributed by atoms with van der Waals surface area (Å²) in [4.78, 5) is 13.2. The summed E-state index contributed by atoms with van der Waals surface area (Å²) in [7, 11) is -3.30. The van der Waals surface area contributed by atoms with Gasteiger partial charge >= 0.3 is 0 Å². The first-order chi connectivity index (χ1) is 12.9. The molecule has 0 spiro atoms. The number of allylic oxidation sites excluding steroid dienone is 1. The molecular weight excluding hydrogens is 402 g/mol. The van der Waals surface area contributed by atoms with Crippen LogP contribution in [-0.2, 0) is 9.84 Å². The number of nitrogens with one attached hydrogen (secondary N) is 1. The standard InChI is InChI=1S/C18H25N3O3S3/c1-27(23,24)16-9-8-15(26-16)17(22)20-12-5-13-21(20)18(25)19-11-10-14-6-3-2-4-7-14/h6,8-9H,2-5,7,10-13H2,1H3,(H,19,25). The van der Waals surface area contributed by atoms with E-state index in [1.54, 1.807) is 16.1 Å². The summed E-state index contributed by atoms with van der Waals surface area (Å²) in [6, 6.07) is 3.06. The zero-order valence-electron chi connectivity index (χ0n) is 15.4. The predicted octanol–water partition coefficient (Wildman–Crippen LogP) is 2.98. The van der Waals surface area contributed by atoms with E-state index in [-0.39, 0.29) is 10.1 Å². The van der Waals surface area contributed by atoms with Crippen LogP contribution in [0.1, 0.15) is 48.2 Å². The second-order valence-electron chi connectivity index (χ2n) is 6.89. The molecule has 0 aromatic carbocycles. The van der Waals surface area contributed by atoms with Gasteiger partial charge in [0.1, 0.15) is 4.21 Å². The fourth-order valence-corrected chi connectivity index (χ4v) is 5.51. The molecule has 27 heavy (non-hydrogen) atoms. The molecule has 1 aliphatic carbocycles. The minimum absolute atomic E-state index is 0.202. The minimum Gasteiger partial charge on any atom is -0.361 e. The van der Waals surface area contributed by atoms with Crippen molar-refractivity contribution in [3.05, 3.63) is 28.7 Å². The molecule has 1 aliphatic heterocycles. The Hall–Kier alpha value is -1.45. The highest BCUT2D eigenvalue weighted by atomic mass is 32.2. The molecule has 0 radical (unpaired) electrons. The van der Waals surface area contributed by atoms with E-state index in [2.05, 4.69) is 11.4 Å². The minimum atomic E-state index is -3.30. The molecule has 6 nitrogen and oxygen atoms in total. The van der Waals surface area contributed by atoms with Gasteiger partial charge in [0.2, 0.25) is 0 Å². The van der Waals surface area contributed by atoms with Crippen LogP contribution in [0.3, 0.4) is 0 Å². The first-order valence-corrected chi connectivity index (χ1v) is 12.3. The quantitative estimate of drug-likeness (QED) is 0.575. The van der Waals surface area contributed by atoms with Gasteiger partial charge in [0.25, 0.3) is 5.91 Å². The highest BCUT2D eigenvalue weighted by molar-refractivity contribution is 7.92. The lowest BCUT2D eigenvalue weighted by molar-refractivity contribution is 0.0497. The lowest BCUT2D eigenvalue weighted by atomic mass is 9.97. The van der Waals surface area contributed by atoms with E-state index in [4.69, 9.17) is 12.2 Å². The second-order valence-corrected chi connectivity index (χ2v) is 10.6. The summed E-state index contributed by atoms with van der Waals surface area (Å²) in [5.41, 5.74) is 1.48. The van der Waals surface area contributed by atoms with Gasteiger partial charge in [-0.05, 0) is 62.9 Å². The van der Waals surface area contributed by atoms with Gasteiger partial charge in [0.15, 0.2) is 14.9 Å². The Morgan fingerprint density at radius 3 is 2.67 bits per heavy atom. The van der Waals surface area contributed by atoms with Gasteiger partial charge in [-0.1, -0.05) is 11.6 Å². The summed E-state index contributed by atoms with van der Waals surface area (Å²) in [6.45, 7) is 2.03. The average Bonchev–Trinajstić information content (AvgIpc) is 3.31. The van der Waals surface area contributed by atoms with Crippen LogP contribution in [0, 0.1) is 0 Å². The molecule has 9 heteroatoms. The molecule has 2 heterocycles. The molecule has 1 N–H and O–H groups in total. The maximum absolute atomic E-state index is 12.8. The van der Waals surface area contributed by atoms with Gasteiger partial charge in [0.05, 0.1) is 4.88 Å². The van der Waals surface area contributed by atoms with Crippen LogP contribution in [0.5, 0.6) is 0 Å². The zero-order valence-corrected chi connectivity index (χ0v) is 17.9. The maximum Gasteiger partial charge on any atom is 0.282 e. The number of hydrogen-bond acceptors (Lipinski definition) is 5. The van der Waals surface area contributed by atoms with Gasteiger partial charge in [-0.3, -0.25) is 9.80 Å². The van der Waals surface area contributed by atoms with Crippen LogP contribution < -0.4 is 5.32 Å². The molecule has 0 bridgehead atoms. The first-order valence-electron chi connectivity index (χ1n) is 9.21. The largest absolute Gasteiger partial charge is 0.361 e. The average molecular weight is 428 g/mol. The van der Waals surface area contributed by atoms with Crippen molar-refractivity contribution in [2.24, 2.45) is 0 Å². The Labute approximate surface area is 170 Å².